The van der Waals surface area contributed by atoms with E-state index in [4.69, 9.17) is 4.74 Å². The molecule has 1 fully saturated rings. The first kappa shape index (κ1) is 15.9. The summed E-state index contributed by atoms with van der Waals surface area (Å²) in [6, 6.07) is 7.12. The first-order valence-electron chi connectivity index (χ1n) is 6.85. The quantitative estimate of drug-likeness (QED) is 0.844. The van der Waals surface area contributed by atoms with Gasteiger partial charge in [0.2, 0.25) is 0 Å². The first-order chi connectivity index (χ1) is 9.90. The Bertz CT molecular complexity index is 515. The topological polar surface area (TPSA) is 58.6 Å². The number of benzene rings is 1. The Morgan fingerprint density at radius 1 is 1.38 bits per heavy atom. The van der Waals surface area contributed by atoms with E-state index in [-0.39, 0.29) is 19.4 Å². The number of hydrogen-bond acceptors (Lipinski definition) is 3. The van der Waals surface area contributed by atoms with E-state index in [1.165, 1.54) is 7.11 Å². The highest BCUT2D eigenvalue weighted by Crippen LogP contribution is 2.44. The molecule has 6 heteroatoms. The summed E-state index contributed by atoms with van der Waals surface area (Å²) < 4.78 is 32.8. The zero-order valence-corrected chi connectivity index (χ0v) is 11.9. The van der Waals surface area contributed by atoms with Crippen molar-refractivity contribution in [1.82, 2.24) is 5.32 Å². The molecule has 0 heterocycles. The fraction of sp³-hybridized carbons (Fsp3) is 0.533. The van der Waals surface area contributed by atoms with E-state index < -0.39 is 17.4 Å². The number of amides is 1. The largest absolute Gasteiger partial charge is 0.383 e. The molecule has 2 N–H and O–H groups in total. The average Bonchev–Trinajstić information content (AvgIpc) is 2.43. The SMILES string of the molecule is COCc1ccccc1CNC(=O)C(F)(F)C1(O)CCC1. The molecule has 1 amide bonds. The van der Waals surface area contributed by atoms with Crippen molar-refractivity contribution in [2.45, 2.75) is 43.9 Å². The number of ether oxygens (including phenoxy) is 1. The Labute approximate surface area is 122 Å². The minimum atomic E-state index is -3.76. The lowest BCUT2D eigenvalue weighted by Gasteiger charge is -2.41. The lowest BCUT2D eigenvalue weighted by molar-refractivity contribution is -0.216. The van der Waals surface area contributed by atoms with Crippen LogP contribution in [0.15, 0.2) is 24.3 Å². The summed E-state index contributed by atoms with van der Waals surface area (Å²) in [7, 11) is 1.54. The van der Waals surface area contributed by atoms with E-state index in [0.717, 1.165) is 5.56 Å². The number of methoxy groups -OCH3 is 1. The molecule has 0 unspecified atom stereocenters. The second kappa shape index (κ2) is 6.07. The molecule has 0 aliphatic heterocycles. The molecule has 0 atom stereocenters. The van der Waals surface area contributed by atoms with Crippen molar-refractivity contribution in [3.63, 3.8) is 0 Å². The highest BCUT2D eigenvalue weighted by atomic mass is 19.3. The molecule has 1 aliphatic carbocycles. The molecule has 1 aromatic rings. The van der Waals surface area contributed by atoms with Gasteiger partial charge in [0, 0.05) is 13.7 Å². The van der Waals surface area contributed by atoms with Crippen molar-refractivity contribution in [2.75, 3.05) is 7.11 Å². The molecule has 2 rings (SSSR count). The van der Waals surface area contributed by atoms with E-state index in [1.807, 2.05) is 12.1 Å². The molecular formula is C15H19F2NO3. The average molecular weight is 299 g/mol. The third-order valence-corrected chi connectivity index (χ3v) is 3.91. The van der Waals surface area contributed by atoms with Crippen LogP contribution in [0, 0.1) is 0 Å². The maximum Gasteiger partial charge on any atom is 0.352 e. The van der Waals surface area contributed by atoms with Crippen LogP contribution in [-0.2, 0) is 22.7 Å². The van der Waals surface area contributed by atoms with E-state index in [1.54, 1.807) is 12.1 Å². The summed E-state index contributed by atoms with van der Waals surface area (Å²) in [6.45, 7) is 0.316. The van der Waals surface area contributed by atoms with Crippen LogP contribution >= 0.6 is 0 Å². The predicted octanol–water partition coefficient (Wildman–Crippen LogP) is 2.00. The molecule has 1 aliphatic rings. The third kappa shape index (κ3) is 3.06. The van der Waals surface area contributed by atoms with Crippen LogP contribution in [0.3, 0.4) is 0 Å². The molecule has 21 heavy (non-hydrogen) atoms. The molecule has 0 spiro atoms. The molecule has 0 bridgehead atoms. The standard InChI is InChI=1S/C15H19F2NO3/c1-21-10-12-6-3-2-5-11(12)9-18-13(19)15(16,17)14(20)7-4-8-14/h2-3,5-6,20H,4,7-10H2,1H3,(H,18,19). The summed E-state index contributed by atoms with van der Waals surface area (Å²) in [4.78, 5) is 11.7. The first-order valence-corrected chi connectivity index (χ1v) is 6.85. The highest BCUT2D eigenvalue weighted by Gasteiger charge is 2.61. The van der Waals surface area contributed by atoms with Crippen molar-refractivity contribution in [2.24, 2.45) is 0 Å². The molecule has 116 valence electrons. The van der Waals surface area contributed by atoms with Crippen molar-refractivity contribution in [1.29, 1.82) is 0 Å². The Kier molecular flexibility index (Phi) is 4.58. The number of carbonyl (C=O) groups is 1. The van der Waals surface area contributed by atoms with Gasteiger partial charge < -0.3 is 15.2 Å². The highest BCUT2D eigenvalue weighted by molar-refractivity contribution is 5.85. The van der Waals surface area contributed by atoms with Gasteiger partial charge in [0.15, 0.2) is 0 Å². The van der Waals surface area contributed by atoms with Gasteiger partial charge in [-0.05, 0) is 30.4 Å². The van der Waals surface area contributed by atoms with Crippen LogP contribution in [0.4, 0.5) is 8.78 Å². The fourth-order valence-corrected chi connectivity index (χ4v) is 2.35. The van der Waals surface area contributed by atoms with E-state index >= 15 is 0 Å². The Balaban J connectivity index is 2.01. The Hall–Kier alpha value is -1.53. The number of halogens is 2. The smallest absolute Gasteiger partial charge is 0.352 e. The van der Waals surface area contributed by atoms with Gasteiger partial charge in [-0.3, -0.25) is 4.79 Å². The summed E-state index contributed by atoms with van der Waals surface area (Å²) in [5.74, 6) is -5.20. The zero-order valence-electron chi connectivity index (χ0n) is 11.9. The second-order valence-corrected chi connectivity index (χ2v) is 5.34. The zero-order chi connectivity index (χ0) is 15.5. The molecule has 1 aromatic carbocycles. The van der Waals surface area contributed by atoms with Crippen LogP contribution < -0.4 is 5.32 Å². The lowest BCUT2D eigenvalue weighted by Crippen LogP contribution is -2.60. The lowest BCUT2D eigenvalue weighted by atomic mass is 9.75. The van der Waals surface area contributed by atoms with Crippen LogP contribution in [0.1, 0.15) is 30.4 Å². The molecule has 0 aromatic heterocycles. The van der Waals surface area contributed by atoms with Crippen molar-refractivity contribution in [3.8, 4) is 0 Å². The normalized spacial score (nSPS) is 17.1. The second-order valence-electron chi connectivity index (χ2n) is 5.34. The maximum atomic E-state index is 13.9. The summed E-state index contributed by atoms with van der Waals surface area (Å²) in [6.07, 6.45) is 0.414. The van der Waals surface area contributed by atoms with Crippen molar-refractivity contribution in [3.05, 3.63) is 35.4 Å². The summed E-state index contributed by atoms with van der Waals surface area (Å²) in [5.41, 5.74) is -0.654. The minimum absolute atomic E-state index is 0.0238. The van der Waals surface area contributed by atoms with Crippen molar-refractivity contribution < 1.29 is 23.4 Å². The fourth-order valence-electron chi connectivity index (χ4n) is 2.35. The van der Waals surface area contributed by atoms with Crippen LogP contribution in [0.25, 0.3) is 0 Å². The van der Waals surface area contributed by atoms with Crippen LogP contribution in [-0.4, -0.2) is 29.6 Å². The van der Waals surface area contributed by atoms with Gasteiger partial charge in [-0.1, -0.05) is 24.3 Å². The van der Waals surface area contributed by atoms with Crippen LogP contribution in [0.5, 0.6) is 0 Å². The number of aliphatic hydroxyl groups is 1. The van der Waals surface area contributed by atoms with E-state index in [2.05, 4.69) is 5.32 Å². The van der Waals surface area contributed by atoms with Gasteiger partial charge >= 0.3 is 5.92 Å². The summed E-state index contributed by atoms with van der Waals surface area (Å²) in [5, 5.41) is 11.9. The number of alkyl halides is 2. The Morgan fingerprint density at radius 3 is 2.52 bits per heavy atom. The van der Waals surface area contributed by atoms with E-state index in [0.29, 0.717) is 18.6 Å². The van der Waals surface area contributed by atoms with Gasteiger partial charge in [-0.2, -0.15) is 8.78 Å². The molecule has 1 saturated carbocycles. The molecule has 0 saturated heterocycles. The van der Waals surface area contributed by atoms with Gasteiger partial charge in [0.05, 0.1) is 6.61 Å². The third-order valence-electron chi connectivity index (χ3n) is 3.91. The van der Waals surface area contributed by atoms with Gasteiger partial charge in [0.1, 0.15) is 5.60 Å². The Morgan fingerprint density at radius 2 is 2.00 bits per heavy atom. The molecular weight excluding hydrogens is 280 g/mol. The van der Waals surface area contributed by atoms with Gasteiger partial charge in [0.25, 0.3) is 5.91 Å². The predicted molar refractivity (Wildman–Crippen MR) is 72.7 cm³/mol. The number of nitrogens with one attached hydrogen (secondary N) is 1. The maximum absolute atomic E-state index is 13.9. The number of rotatable bonds is 6. The molecule has 4 nitrogen and oxygen atoms in total. The summed E-state index contributed by atoms with van der Waals surface area (Å²) >= 11 is 0. The van der Waals surface area contributed by atoms with Crippen molar-refractivity contribution >= 4 is 5.91 Å². The van der Waals surface area contributed by atoms with Gasteiger partial charge in [-0.15, -0.1) is 0 Å². The minimum Gasteiger partial charge on any atom is -0.383 e. The van der Waals surface area contributed by atoms with Gasteiger partial charge in [-0.25, -0.2) is 0 Å². The molecule has 0 radical (unpaired) electrons. The number of carbonyl (C=O) groups excluding carboxylic acids is 1. The monoisotopic (exact) mass is 299 g/mol. The number of hydrogen-bond donors (Lipinski definition) is 2. The van der Waals surface area contributed by atoms with Crippen LogP contribution in [0.2, 0.25) is 0 Å². The van der Waals surface area contributed by atoms with E-state index in [9.17, 15) is 18.7 Å².